The molecule has 0 amide bonds. The molecule has 0 radical (unpaired) electrons. The van der Waals surface area contributed by atoms with Gasteiger partial charge in [-0.2, -0.15) is 0 Å². The van der Waals surface area contributed by atoms with Crippen LogP contribution in [0.5, 0.6) is 0 Å². The smallest absolute Gasteiger partial charge is 0.333 e. The number of methoxy groups -OCH3 is 1. The number of hydrogen-bond donors (Lipinski definition) is 1. The molecule has 0 unspecified atom stereocenters. The normalized spacial score (nSPS) is 42.3. The van der Waals surface area contributed by atoms with Crippen LogP contribution >= 0.6 is 0 Å². The number of rotatable bonds is 4. The molecule has 3 heteroatoms. The largest absolute Gasteiger partial charge is 0.478 e. The Balaban J connectivity index is 1.79. The number of carbonyl (C=O) groups is 1. The average molecular weight is 250 g/mol. The van der Waals surface area contributed by atoms with Gasteiger partial charge in [0.05, 0.1) is 12.2 Å². The van der Waals surface area contributed by atoms with Crippen LogP contribution in [0.1, 0.15) is 32.1 Å². The van der Waals surface area contributed by atoms with Crippen LogP contribution in [0.2, 0.25) is 0 Å². The highest BCUT2D eigenvalue weighted by Crippen LogP contribution is 2.57. The first-order valence-corrected chi connectivity index (χ1v) is 7.10. The maximum Gasteiger partial charge on any atom is 0.333 e. The molecule has 0 aliphatic heterocycles. The van der Waals surface area contributed by atoms with E-state index in [0.29, 0.717) is 11.5 Å². The Bertz CT molecular complexity index is 344. The highest BCUT2D eigenvalue weighted by atomic mass is 16.5. The number of aliphatic carboxylic acids is 1. The molecular formula is C15H22O3. The SMILES string of the molecule is COC/C(=C\C1C2CC3CC(C2)CC1C3)C(=O)O. The summed E-state index contributed by atoms with van der Waals surface area (Å²) in [7, 11) is 1.56. The Kier molecular flexibility index (Phi) is 3.18. The van der Waals surface area contributed by atoms with E-state index in [2.05, 4.69) is 0 Å². The van der Waals surface area contributed by atoms with Crippen molar-refractivity contribution in [2.24, 2.45) is 29.6 Å². The van der Waals surface area contributed by atoms with Gasteiger partial charge in [0.1, 0.15) is 0 Å². The van der Waals surface area contributed by atoms with Gasteiger partial charge in [-0.15, -0.1) is 0 Å². The molecule has 4 bridgehead atoms. The minimum atomic E-state index is -0.814. The Morgan fingerprint density at radius 2 is 1.72 bits per heavy atom. The van der Waals surface area contributed by atoms with Crippen LogP contribution in [0.15, 0.2) is 11.6 Å². The Labute approximate surface area is 108 Å². The average Bonchev–Trinajstić information content (AvgIpc) is 2.31. The highest BCUT2D eigenvalue weighted by Gasteiger charge is 2.47. The summed E-state index contributed by atoms with van der Waals surface area (Å²) in [6.07, 6.45) is 8.77. The quantitative estimate of drug-likeness (QED) is 0.780. The number of allylic oxidation sites excluding steroid dienone is 1. The summed E-state index contributed by atoms with van der Waals surface area (Å²) in [5.74, 6) is 3.05. The molecule has 0 spiro atoms. The molecule has 4 saturated carbocycles. The number of carboxylic acids is 1. The predicted octanol–water partition coefficient (Wildman–Crippen LogP) is 2.72. The van der Waals surface area contributed by atoms with Gasteiger partial charge in [-0.1, -0.05) is 6.08 Å². The number of hydrogen-bond acceptors (Lipinski definition) is 2. The van der Waals surface area contributed by atoms with E-state index in [1.54, 1.807) is 7.11 Å². The molecule has 3 nitrogen and oxygen atoms in total. The summed E-state index contributed by atoms with van der Waals surface area (Å²) in [5.41, 5.74) is 0.454. The van der Waals surface area contributed by atoms with Crippen LogP contribution in [-0.4, -0.2) is 24.8 Å². The van der Waals surface area contributed by atoms with E-state index in [0.717, 1.165) is 23.7 Å². The third-order valence-corrected chi connectivity index (χ3v) is 5.27. The Morgan fingerprint density at radius 3 is 2.17 bits per heavy atom. The van der Waals surface area contributed by atoms with Crippen molar-refractivity contribution in [2.75, 3.05) is 13.7 Å². The van der Waals surface area contributed by atoms with Crippen LogP contribution in [0.4, 0.5) is 0 Å². The van der Waals surface area contributed by atoms with E-state index >= 15 is 0 Å². The third kappa shape index (κ3) is 2.09. The van der Waals surface area contributed by atoms with E-state index in [9.17, 15) is 9.90 Å². The van der Waals surface area contributed by atoms with Crippen LogP contribution in [-0.2, 0) is 9.53 Å². The fourth-order valence-electron chi connectivity index (χ4n) is 4.81. The molecule has 0 aromatic rings. The molecule has 4 rings (SSSR count). The van der Waals surface area contributed by atoms with Crippen molar-refractivity contribution >= 4 is 5.97 Å². The van der Waals surface area contributed by atoms with Crippen LogP contribution < -0.4 is 0 Å². The first-order valence-electron chi connectivity index (χ1n) is 7.10. The molecule has 0 saturated heterocycles. The van der Waals surface area contributed by atoms with E-state index in [1.165, 1.54) is 32.1 Å². The lowest BCUT2D eigenvalue weighted by Gasteiger charge is -2.53. The lowest BCUT2D eigenvalue weighted by molar-refractivity contribution is -0.133. The maximum atomic E-state index is 11.2. The maximum absolute atomic E-state index is 11.2. The molecule has 0 aromatic heterocycles. The van der Waals surface area contributed by atoms with Crippen LogP contribution in [0.3, 0.4) is 0 Å². The molecule has 4 fully saturated rings. The van der Waals surface area contributed by atoms with Crippen molar-refractivity contribution in [1.82, 2.24) is 0 Å². The van der Waals surface area contributed by atoms with Gasteiger partial charge in [0.25, 0.3) is 0 Å². The topological polar surface area (TPSA) is 46.5 Å². The monoisotopic (exact) mass is 250 g/mol. The van der Waals surface area contributed by atoms with Crippen LogP contribution in [0, 0.1) is 29.6 Å². The Hall–Kier alpha value is -0.830. The second kappa shape index (κ2) is 4.69. The number of carboxylic acid groups (broad SMARTS) is 1. The molecule has 4 aliphatic rings. The van der Waals surface area contributed by atoms with Crippen molar-refractivity contribution in [3.05, 3.63) is 11.6 Å². The summed E-state index contributed by atoms with van der Waals surface area (Å²) in [4.78, 5) is 11.2. The van der Waals surface area contributed by atoms with E-state index in [-0.39, 0.29) is 6.61 Å². The minimum absolute atomic E-state index is 0.234. The summed E-state index contributed by atoms with van der Waals surface area (Å²) < 4.78 is 5.01. The minimum Gasteiger partial charge on any atom is -0.478 e. The van der Waals surface area contributed by atoms with Gasteiger partial charge in [0, 0.05) is 7.11 Å². The van der Waals surface area contributed by atoms with Crippen molar-refractivity contribution in [1.29, 1.82) is 0 Å². The van der Waals surface area contributed by atoms with Gasteiger partial charge in [-0.05, 0) is 61.7 Å². The molecular weight excluding hydrogens is 228 g/mol. The molecule has 18 heavy (non-hydrogen) atoms. The van der Waals surface area contributed by atoms with Gasteiger partial charge in [0.15, 0.2) is 0 Å². The summed E-state index contributed by atoms with van der Waals surface area (Å²) in [6.45, 7) is 0.234. The first kappa shape index (κ1) is 12.2. The zero-order chi connectivity index (χ0) is 12.7. The van der Waals surface area contributed by atoms with Gasteiger partial charge >= 0.3 is 5.97 Å². The zero-order valence-corrected chi connectivity index (χ0v) is 11.0. The van der Waals surface area contributed by atoms with Crippen molar-refractivity contribution < 1.29 is 14.6 Å². The van der Waals surface area contributed by atoms with Gasteiger partial charge < -0.3 is 9.84 Å². The van der Waals surface area contributed by atoms with Gasteiger partial charge in [-0.3, -0.25) is 0 Å². The summed E-state index contributed by atoms with van der Waals surface area (Å²) in [5, 5.41) is 9.21. The second-order valence-corrected chi connectivity index (χ2v) is 6.44. The highest BCUT2D eigenvalue weighted by molar-refractivity contribution is 5.86. The fraction of sp³-hybridized carbons (Fsp3) is 0.800. The predicted molar refractivity (Wildman–Crippen MR) is 68.1 cm³/mol. The van der Waals surface area contributed by atoms with Gasteiger partial charge in [0.2, 0.25) is 0 Å². The van der Waals surface area contributed by atoms with Crippen molar-refractivity contribution in [2.45, 2.75) is 32.1 Å². The molecule has 0 heterocycles. The van der Waals surface area contributed by atoms with Crippen LogP contribution in [0.25, 0.3) is 0 Å². The van der Waals surface area contributed by atoms with Gasteiger partial charge in [-0.25, -0.2) is 4.79 Å². The zero-order valence-electron chi connectivity index (χ0n) is 11.0. The van der Waals surface area contributed by atoms with E-state index in [1.807, 2.05) is 6.08 Å². The first-order chi connectivity index (χ1) is 8.67. The number of ether oxygens (including phenoxy) is 1. The lowest BCUT2D eigenvalue weighted by atomic mass is 9.52. The molecule has 0 atom stereocenters. The van der Waals surface area contributed by atoms with E-state index < -0.39 is 5.97 Å². The fourth-order valence-corrected chi connectivity index (χ4v) is 4.81. The Morgan fingerprint density at radius 1 is 1.17 bits per heavy atom. The summed E-state index contributed by atoms with van der Waals surface area (Å²) >= 11 is 0. The molecule has 0 aromatic carbocycles. The second-order valence-electron chi connectivity index (χ2n) is 6.44. The summed E-state index contributed by atoms with van der Waals surface area (Å²) in [6, 6.07) is 0. The standard InChI is InChI=1S/C15H22O3/c1-18-8-13(15(16)17)7-14-11-3-9-2-10(5-11)6-12(14)4-9/h7,9-12,14H,2-6,8H2,1H3,(H,16,17)/b13-7+. The lowest BCUT2D eigenvalue weighted by Crippen LogP contribution is -2.44. The molecule has 100 valence electrons. The molecule has 1 N–H and O–H groups in total. The molecule has 4 aliphatic carbocycles. The third-order valence-electron chi connectivity index (χ3n) is 5.27. The van der Waals surface area contributed by atoms with Crippen molar-refractivity contribution in [3.63, 3.8) is 0 Å². The van der Waals surface area contributed by atoms with Crippen molar-refractivity contribution in [3.8, 4) is 0 Å². The van der Waals surface area contributed by atoms with E-state index in [4.69, 9.17) is 4.74 Å².